The second-order valence-corrected chi connectivity index (χ2v) is 13.9. The van der Waals surface area contributed by atoms with Gasteiger partial charge in [0.05, 0.1) is 16.6 Å². The van der Waals surface area contributed by atoms with E-state index in [1.807, 2.05) is 0 Å². The third-order valence-corrected chi connectivity index (χ3v) is 11.0. The zero-order valence-electron chi connectivity index (χ0n) is 26.7. The molecule has 0 spiro atoms. The van der Waals surface area contributed by atoms with Crippen LogP contribution in [-0.4, -0.2) is 18.3 Å². The highest BCUT2D eigenvalue weighted by atomic mass is 16.7. The molecular weight excluding hydrogens is 559 g/mol. The van der Waals surface area contributed by atoms with E-state index in [0.717, 1.165) is 5.46 Å². The molecule has 1 saturated heterocycles. The van der Waals surface area contributed by atoms with Gasteiger partial charge in [0.2, 0.25) is 0 Å². The topological polar surface area (TPSA) is 18.5 Å². The Morgan fingerprint density at radius 3 is 1.70 bits per heavy atom. The molecule has 222 valence electrons. The van der Waals surface area contributed by atoms with E-state index < -0.39 is 23.7 Å². The highest BCUT2D eigenvalue weighted by molar-refractivity contribution is 6.62. The van der Waals surface area contributed by atoms with Crippen molar-refractivity contribution >= 4 is 44.9 Å². The average molecular weight is 595 g/mol. The molecule has 2 nitrogen and oxygen atoms in total. The molecule has 0 radical (unpaired) electrons. The van der Waals surface area contributed by atoms with Crippen LogP contribution in [0.3, 0.4) is 0 Å². The fourth-order valence-corrected chi connectivity index (χ4v) is 8.14. The van der Waals surface area contributed by atoms with E-state index in [9.17, 15) is 0 Å². The first-order valence-corrected chi connectivity index (χ1v) is 16.3. The number of hydrogen-bond acceptors (Lipinski definition) is 2. The summed E-state index contributed by atoms with van der Waals surface area (Å²) in [4.78, 5) is 0. The van der Waals surface area contributed by atoms with Crippen LogP contribution in [0.1, 0.15) is 49.9 Å². The minimum atomic E-state index is -0.572. The highest BCUT2D eigenvalue weighted by Gasteiger charge is 2.53. The molecule has 46 heavy (non-hydrogen) atoms. The van der Waals surface area contributed by atoms with Crippen molar-refractivity contribution in [1.82, 2.24) is 0 Å². The fourth-order valence-electron chi connectivity index (χ4n) is 8.14. The van der Waals surface area contributed by atoms with Crippen LogP contribution in [0.5, 0.6) is 0 Å². The van der Waals surface area contributed by atoms with Crippen molar-refractivity contribution in [2.75, 3.05) is 0 Å². The molecule has 1 aliphatic carbocycles. The molecule has 0 bridgehead atoms. The molecule has 1 heterocycles. The molecule has 1 aliphatic heterocycles. The van der Waals surface area contributed by atoms with Gasteiger partial charge in [0.25, 0.3) is 0 Å². The molecule has 0 aromatic heterocycles. The monoisotopic (exact) mass is 594 g/mol. The lowest BCUT2D eigenvalue weighted by Crippen LogP contribution is -2.41. The predicted molar refractivity (Wildman–Crippen MR) is 192 cm³/mol. The Balaban J connectivity index is 1.45. The summed E-state index contributed by atoms with van der Waals surface area (Å²) in [7, 11) is -0.453. The van der Waals surface area contributed by atoms with Crippen molar-refractivity contribution < 1.29 is 9.31 Å². The SMILES string of the molecule is CC1(C)OB(c2cccc(C3(c4ccccc4)c4ccccc4-c4ccc5c6ccccc6c6ccccc6c5c43)c2)OC1(C)C. The van der Waals surface area contributed by atoms with Crippen LogP contribution >= 0.6 is 0 Å². The van der Waals surface area contributed by atoms with E-state index in [1.165, 1.54) is 65.7 Å². The van der Waals surface area contributed by atoms with E-state index in [-0.39, 0.29) is 0 Å². The fraction of sp³-hybridized carbons (Fsp3) is 0.163. The lowest BCUT2D eigenvalue weighted by atomic mass is 9.64. The Labute approximate surface area is 270 Å². The maximum atomic E-state index is 6.60. The van der Waals surface area contributed by atoms with Gasteiger partial charge in [0, 0.05) is 0 Å². The third-order valence-electron chi connectivity index (χ3n) is 11.0. The molecule has 7 aromatic rings. The summed E-state index contributed by atoms with van der Waals surface area (Å²) in [6.45, 7) is 8.47. The molecule has 9 rings (SSSR count). The van der Waals surface area contributed by atoms with Crippen molar-refractivity contribution in [2.45, 2.75) is 44.3 Å². The Kier molecular flexibility index (Phi) is 5.79. The standard InChI is InChI=1S/C43H35BO2/c1-41(2)42(3,4)46-44(45-41)30-18-14-17-29(27-30)43(28-15-6-5-7-16-28)38-24-13-12-22-34(38)37-26-25-36-33-21-9-8-19-31(33)32-20-10-11-23-35(32)39(36)40(37)43/h5-27H,1-4H3. The van der Waals surface area contributed by atoms with E-state index in [2.05, 4.69) is 167 Å². The molecule has 2 aliphatic rings. The van der Waals surface area contributed by atoms with Gasteiger partial charge in [-0.2, -0.15) is 0 Å². The summed E-state index contributed by atoms with van der Waals surface area (Å²) in [5.41, 5.74) is 7.28. The molecule has 1 unspecified atom stereocenters. The summed E-state index contributed by atoms with van der Waals surface area (Å²) >= 11 is 0. The van der Waals surface area contributed by atoms with Crippen LogP contribution in [0.4, 0.5) is 0 Å². The number of rotatable bonds is 3. The van der Waals surface area contributed by atoms with Gasteiger partial charge in [-0.3, -0.25) is 0 Å². The van der Waals surface area contributed by atoms with Gasteiger partial charge in [0.15, 0.2) is 0 Å². The second-order valence-electron chi connectivity index (χ2n) is 13.9. The quantitative estimate of drug-likeness (QED) is 0.150. The maximum absolute atomic E-state index is 6.60. The Hall–Kier alpha value is -4.70. The highest BCUT2D eigenvalue weighted by Crippen LogP contribution is 2.59. The maximum Gasteiger partial charge on any atom is 0.494 e. The zero-order chi connectivity index (χ0) is 31.3. The van der Waals surface area contributed by atoms with E-state index >= 15 is 0 Å². The van der Waals surface area contributed by atoms with Gasteiger partial charge in [0.1, 0.15) is 0 Å². The van der Waals surface area contributed by atoms with Gasteiger partial charge in [-0.1, -0.05) is 140 Å². The second kappa shape index (κ2) is 9.66. The lowest BCUT2D eigenvalue weighted by Gasteiger charge is -2.35. The molecule has 0 saturated carbocycles. The smallest absolute Gasteiger partial charge is 0.399 e. The molecule has 0 amide bonds. The van der Waals surface area contributed by atoms with Crippen molar-refractivity contribution in [3.05, 3.63) is 162 Å². The Morgan fingerprint density at radius 1 is 0.457 bits per heavy atom. The number of hydrogen-bond donors (Lipinski definition) is 0. The lowest BCUT2D eigenvalue weighted by molar-refractivity contribution is 0.00578. The zero-order valence-corrected chi connectivity index (χ0v) is 26.7. The van der Waals surface area contributed by atoms with Crippen molar-refractivity contribution in [2.24, 2.45) is 0 Å². The van der Waals surface area contributed by atoms with E-state index in [1.54, 1.807) is 0 Å². The summed E-state index contributed by atoms with van der Waals surface area (Å²) in [6.07, 6.45) is 0. The molecule has 7 aromatic carbocycles. The largest absolute Gasteiger partial charge is 0.494 e. The van der Waals surface area contributed by atoms with Gasteiger partial charge in [-0.15, -0.1) is 0 Å². The first-order chi connectivity index (χ1) is 22.3. The van der Waals surface area contributed by atoms with Crippen molar-refractivity contribution in [3.8, 4) is 11.1 Å². The summed E-state index contributed by atoms with van der Waals surface area (Å²) in [5.74, 6) is 0. The van der Waals surface area contributed by atoms with Crippen LogP contribution in [0.2, 0.25) is 0 Å². The first-order valence-electron chi connectivity index (χ1n) is 16.3. The van der Waals surface area contributed by atoms with Crippen LogP contribution in [0.15, 0.2) is 140 Å². The van der Waals surface area contributed by atoms with Gasteiger partial charge >= 0.3 is 7.12 Å². The number of benzene rings is 7. The van der Waals surface area contributed by atoms with Crippen LogP contribution < -0.4 is 5.46 Å². The molecule has 1 fully saturated rings. The average Bonchev–Trinajstić information content (AvgIpc) is 3.51. The minimum Gasteiger partial charge on any atom is -0.399 e. The van der Waals surface area contributed by atoms with E-state index in [0.29, 0.717) is 0 Å². The summed E-state index contributed by atoms with van der Waals surface area (Å²) in [5, 5.41) is 7.72. The van der Waals surface area contributed by atoms with Gasteiger partial charge in [-0.05, 0) is 98.9 Å². The number of fused-ring (bicyclic) bond motifs is 10. The van der Waals surface area contributed by atoms with Crippen LogP contribution in [0.25, 0.3) is 43.4 Å². The van der Waals surface area contributed by atoms with Crippen LogP contribution in [-0.2, 0) is 14.7 Å². The molecule has 0 N–H and O–H groups in total. The third kappa shape index (κ3) is 3.62. The van der Waals surface area contributed by atoms with E-state index in [4.69, 9.17) is 9.31 Å². The van der Waals surface area contributed by atoms with Crippen molar-refractivity contribution in [1.29, 1.82) is 0 Å². The molecular formula is C43H35BO2. The molecule has 3 heteroatoms. The normalized spacial score (nSPS) is 19.5. The summed E-state index contributed by atoms with van der Waals surface area (Å²) < 4.78 is 13.2. The molecule has 1 atom stereocenters. The van der Waals surface area contributed by atoms with Crippen molar-refractivity contribution in [3.63, 3.8) is 0 Å². The predicted octanol–water partition coefficient (Wildman–Crippen LogP) is 9.81. The Morgan fingerprint density at radius 2 is 1.00 bits per heavy atom. The van der Waals surface area contributed by atoms with Gasteiger partial charge < -0.3 is 9.31 Å². The minimum absolute atomic E-state index is 0.423. The Bertz CT molecular complexity index is 2290. The van der Waals surface area contributed by atoms with Crippen LogP contribution in [0, 0.1) is 0 Å². The summed E-state index contributed by atoms with van der Waals surface area (Å²) in [6, 6.07) is 51.5. The first kappa shape index (κ1) is 27.6. The van der Waals surface area contributed by atoms with Gasteiger partial charge in [-0.25, -0.2) is 0 Å².